The lowest BCUT2D eigenvalue weighted by Gasteiger charge is -2.16. The van der Waals surface area contributed by atoms with Gasteiger partial charge in [0.1, 0.15) is 0 Å². The number of hydrogen-bond acceptors (Lipinski definition) is 6. The van der Waals surface area contributed by atoms with E-state index in [1.54, 1.807) is 6.92 Å². The van der Waals surface area contributed by atoms with Gasteiger partial charge in [-0.1, -0.05) is 0 Å². The van der Waals surface area contributed by atoms with E-state index in [4.69, 9.17) is 4.74 Å². The highest BCUT2D eigenvalue weighted by Crippen LogP contribution is 2.35. The molecule has 1 heterocycles. The van der Waals surface area contributed by atoms with Gasteiger partial charge in [-0.25, -0.2) is 5.43 Å². The first-order valence-corrected chi connectivity index (χ1v) is 7.55. The van der Waals surface area contributed by atoms with E-state index in [-0.39, 0.29) is 30.3 Å². The van der Waals surface area contributed by atoms with Crippen LogP contribution in [0.5, 0.6) is 0 Å². The third kappa shape index (κ3) is 5.16. The van der Waals surface area contributed by atoms with Gasteiger partial charge in [-0.2, -0.15) is 13.2 Å². The third-order valence-electron chi connectivity index (χ3n) is 3.15. The van der Waals surface area contributed by atoms with Crippen molar-refractivity contribution in [2.45, 2.75) is 19.6 Å². The Morgan fingerprint density at radius 1 is 1.35 bits per heavy atom. The predicted molar refractivity (Wildman–Crippen MR) is 88.2 cm³/mol. The minimum atomic E-state index is -4.60. The highest BCUT2D eigenvalue weighted by atomic mass is 19.4. The molecule has 2 N–H and O–H groups in total. The van der Waals surface area contributed by atoms with Crippen LogP contribution in [0.15, 0.2) is 41.9 Å². The van der Waals surface area contributed by atoms with Crippen LogP contribution >= 0.6 is 0 Å². The van der Waals surface area contributed by atoms with E-state index in [9.17, 15) is 18.0 Å². The molecule has 0 aliphatic rings. The second-order valence-electron chi connectivity index (χ2n) is 4.91. The molecule has 0 radical (unpaired) electrons. The van der Waals surface area contributed by atoms with Gasteiger partial charge in [0.05, 0.1) is 30.6 Å². The number of carbonyl (C=O) groups excluding carboxylic acids is 1. The van der Waals surface area contributed by atoms with Crippen molar-refractivity contribution in [1.82, 2.24) is 15.4 Å². The number of nitrogens with one attached hydrogen (secondary N) is 2. The first-order valence-electron chi connectivity index (χ1n) is 7.55. The summed E-state index contributed by atoms with van der Waals surface area (Å²) in [4.78, 5) is 18.2. The van der Waals surface area contributed by atoms with Crippen LogP contribution in [0.1, 0.15) is 23.7 Å². The maximum absolute atomic E-state index is 13.4. The van der Waals surface area contributed by atoms with Gasteiger partial charge in [0.25, 0.3) is 0 Å². The number of ether oxygens (including phenoxy) is 1. The lowest BCUT2D eigenvalue weighted by Crippen LogP contribution is -2.16. The third-order valence-corrected chi connectivity index (χ3v) is 3.15. The van der Waals surface area contributed by atoms with Gasteiger partial charge < -0.3 is 10.1 Å². The van der Waals surface area contributed by atoms with Crippen molar-refractivity contribution in [2.24, 2.45) is 5.10 Å². The van der Waals surface area contributed by atoms with Gasteiger partial charge in [0.2, 0.25) is 12.3 Å². The largest absolute Gasteiger partial charge is 0.477 e. The van der Waals surface area contributed by atoms with Gasteiger partial charge in [-0.3, -0.25) is 14.8 Å². The Bertz CT molecular complexity index is 766. The monoisotopic (exact) mass is 367 g/mol. The Hall–Kier alpha value is -3.17. The van der Waals surface area contributed by atoms with E-state index in [1.807, 2.05) is 5.43 Å². The van der Waals surface area contributed by atoms with Crippen LogP contribution in [0.3, 0.4) is 0 Å². The zero-order chi connectivity index (χ0) is 19.0. The number of alkyl halides is 3. The molecule has 7 nitrogen and oxygen atoms in total. The maximum atomic E-state index is 13.4. The Morgan fingerprint density at radius 2 is 2.15 bits per heavy atom. The summed E-state index contributed by atoms with van der Waals surface area (Å²) in [5.41, 5.74) is 1.59. The van der Waals surface area contributed by atoms with Crippen molar-refractivity contribution in [3.05, 3.63) is 53.6 Å². The van der Waals surface area contributed by atoms with E-state index >= 15 is 0 Å². The zero-order valence-electron chi connectivity index (χ0n) is 13.7. The van der Waals surface area contributed by atoms with Crippen LogP contribution < -0.4 is 10.7 Å². The summed E-state index contributed by atoms with van der Waals surface area (Å²) in [7, 11) is 0. The van der Waals surface area contributed by atoms with E-state index in [0.717, 1.165) is 6.07 Å². The molecule has 0 spiro atoms. The van der Waals surface area contributed by atoms with Crippen molar-refractivity contribution in [1.29, 1.82) is 0 Å². The molecule has 138 valence electrons. The molecule has 0 fully saturated rings. The van der Waals surface area contributed by atoms with Gasteiger partial charge in [-0.15, -0.1) is 5.10 Å². The molecule has 0 atom stereocenters. The molecule has 0 saturated heterocycles. The van der Waals surface area contributed by atoms with Gasteiger partial charge >= 0.3 is 6.18 Å². The molecule has 1 aromatic carbocycles. The van der Waals surface area contributed by atoms with Crippen LogP contribution in [-0.4, -0.2) is 28.9 Å². The second kappa shape index (κ2) is 8.79. The number of aromatic nitrogens is 2. The average molecular weight is 367 g/mol. The van der Waals surface area contributed by atoms with Crippen LogP contribution in [0.25, 0.3) is 0 Å². The van der Waals surface area contributed by atoms with Crippen molar-refractivity contribution >= 4 is 18.0 Å². The van der Waals surface area contributed by atoms with Gasteiger partial charge in [0.15, 0.2) is 0 Å². The molecule has 0 unspecified atom stereocenters. The highest BCUT2D eigenvalue weighted by molar-refractivity contribution is 5.95. The quantitative estimate of drug-likeness (QED) is 0.340. The molecular formula is C16H16F3N5O2. The molecule has 2 aromatic rings. The Balaban J connectivity index is 2.33. The summed E-state index contributed by atoms with van der Waals surface area (Å²) in [5.74, 6) is -0.120. The molecule has 1 aromatic heterocycles. The fraction of sp³-hybridized carbons (Fsp3) is 0.250. The number of carbonyl (C=O) groups is 1. The molecular weight excluding hydrogens is 351 g/mol. The number of nitrogens with zero attached hydrogens (tertiary/aromatic N) is 3. The molecule has 10 heteroatoms. The summed E-state index contributed by atoms with van der Waals surface area (Å²) in [6.45, 7) is 1.90. The van der Waals surface area contributed by atoms with Crippen molar-refractivity contribution in [3.8, 4) is 0 Å². The molecule has 1 amide bonds. The number of hydrazone groups is 1. The molecule has 0 aliphatic heterocycles. The molecule has 2 rings (SSSR count). The Kier molecular flexibility index (Phi) is 6.48. The van der Waals surface area contributed by atoms with Crippen molar-refractivity contribution in [3.63, 3.8) is 0 Å². The topological polar surface area (TPSA) is 88.5 Å². The average Bonchev–Trinajstić information content (AvgIpc) is 2.63. The fourth-order valence-corrected chi connectivity index (χ4v) is 2.07. The Labute approximate surface area is 147 Å². The number of rotatable bonds is 7. The van der Waals surface area contributed by atoms with Gasteiger partial charge in [-0.05, 0) is 25.1 Å². The summed E-state index contributed by atoms with van der Waals surface area (Å²) >= 11 is 0. The number of amides is 1. The number of anilines is 1. The number of benzene rings is 1. The molecule has 0 aliphatic carbocycles. The lowest BCUT2D eigenvalue weighted by atomic mass is 10.1. The minimum Gasteiger partial charge on any atom is -0.477 e. The molecule has 0 bridgehead atoms. The van der Waals surface area contributed by atoms with E-state index in [2.05, 4.69) is 20.4 Å². The van der Waals surface area contributed by atoms with Crippen LogP contribution in [0, 0.1) is 0 Å². The summed E-state index contributed by atoms with van der Waals surface area (Å²) in [6.07, 6.45) is 0.0766. The van der Waals surface area contributed by atoms with Crippen LogP contribution in [0.4, 0.5) is 18.9 Å². The molecule has 0 saturated carbocycles. The Morgan fingerprint density at radius 3 is 2.77 bits per heavy atom. The smallest absolute Gasteiger partial charge is 0.418 e. The number of hydrogen-bond donors (Lipinski definition) is 2. The lowest BCUT2D eigenvalue weighted by molar-refractivity contribution is -0.137. The van der Waals surface area contributed by atoms with E-state index in [1.165, 1.54) is 30.7 Å². The fourth-order valence-electron chi connectivity index (χ4n) is 2.07. The van der Waals surface area contributed by atoms with Crippen molar-refractivity contribution < 1.29 is 22.7 Å². The SMILES string of the molecule is CCO/C(=N\NC=O)c1ccc(NCc2cnccn2)c(C(F)(F)F)c1. The zero-order valence-corrected chi connectivity index (χ0v) is 13.7. The summed E-state index contributed by atoms with van der Waals surface area (Å²) in [6, 6.07) is 3.58. The minimum absolute atomic E-state index is 0.0787. The summed E-state index contributed by atoms with van der Waals surface area (Å²) < 4.78 is 45.5. The second-order valence-corrected chi connectivity index (χ2v) is 4.91. The molecule has 26 heavy (non-hydrogen) atoms. The standard InChI is InChI=1S/C16H16F3N5O2/c1-2-26-15(24-23-10-25)11-3-4-14(13(7-11)16(17,18)19)22-9-12-8-20-5-6-21-12/h3-8,10,22H,2,9H2,1H3,(H,23,25)/b24-15-. The normalized spacial score (nSPS) is 11.8. The summed E-state index contributed by atoms with van der Waals surface area (Å²) in [5, 5.41) is 6.32. The van der Waals surface area contributed by atoms with Crippen molar-refractivity contribution in [2.75, 3.05) is 11.9 Å². The number of halogens is 3. The van der Waals surface area contributed by atoms with E-state index in [0.29, 0.717) is 12.1 Å². The maximum Gasteiger partial charge on any atom is 0.418 e. The van der Waals surface area contributed by atoms with Crippen LogP contribution in [-0.2, 0) is 22.3 Å². The van der Waals surface area contributed by atoms with Gasteiger partial charge in [0, 0.05) is 23.6 Å². The predicted octanol–water partition coefficient (Wildman–Crippen LogP) is 2.55. The highest BCUT2D eigenvalue weighted by Gasteiger charge is 2.34. The first kappa shape index (κ1) is 19.2. The van der Waals surface area contributed by atoms with Crippen LogP contribution in [0.2, 0.25) is 0 Å². The first-order chi connectivity index (χ1) is 12.5. The van der Waals surface area contributed by atoms with E-state index < -0.39 is 11.7 Å².